The molecule has 2 amide bonds. The first-order valence-corrected chi connectivity index (χ1v) is 7.11. The smallest absolute Gasteiger partial charge is 0.306 e. The van der Waals surface area contributed by atoms with Crippen LogP contribution in [0, 0.1) is 17.8 Å². The molecule has 0 aromatic heterocycles. The van der Waals surface area contributed by atoms with E-state index in [1.165, 1.54) is 4.90 Å². The summed E-state index contributed by atoms with van der Waals surface area (Å²) in [5.74, 6) is -2.03. The summed E-state index contributed by atoms with van der Waals surface area (Å²) in [4.78, 5) is 36.1. The van der Waals surface area contributed by atoms with Gasteiger partial charge in [0.1, 0.15) is 0 Å². The molecule has 1 aliphatic rings. The Hall–Kier alpha value is -1.59. The Morgan fingerprint density at radius 1 is 1.25 bits per heavy atom. The van der Waals surface area contributed by atoms with Gasteiger partial charge in [-0.2, -0.15) is 0 Å². The van der Waals surface area contributed by atoms with Crippen LogP contribution in [-0.2, 0) is 14.4 Å². The van der Waals surface area contributed by atoms with Crippen LogP contribution in [0.25, 0.3) is 0 Å². The Labute approximate surface area is 119 Å². The molecule has 0 spiro atoms. The molecule has 1 saturated carbocycles. The third-order valence-electron chi connectivity index (χ3n) is 3.62. The third-order valence-corrected chi connectivity index (χ3v) is 3.62. The maximum Gasteiger partial charge on any atom is 0.306 e. The lowest BCUT2D eigenvalue weighted by Gasteiger charge is -2.31. The molecule has 6 nitrogen and oxygen atoms in total. The quantitative estimate of drug-likeness (QED) is 0.755. The van der Waals surface area contributed by atoms with Gasteiger partial charge in [0.15, 0.2) is 0 Å². The maximum absolute atomic E-state index is 12.5. The van der Waals surface area contributed by atoms with Crippen molar-refractivity contribution in [3.63, 3.8) is 0 Å². The highest BCUT2D eigenvalue weighted by Gasteiger charge is 2.33. The number of hydrogen-bond donors (Lipinski definition) is 2. The second-order valence-corrected chi connectivity index (χ2v) is 5.98. The number of rotatable bonds is 6. The minimum Gasteiger partial charge on any atom is -0.481 e. The monoisotopic (exact) mass is 284 g/mol. The summed E-state index contributed by atoms with van der Waals surface area (Å²) < 4.78 is 0. The number of hydrogen-bond acceptors (Lipinski definition) is 3. The molecule has 1 aliphatic carbocycles. The van der Waals surface area contributed by atoms with Crippen molar-refractivity contribution in [2.45, 2.75) is 39.5 Å². The Balaban J connectivity index is 2.72. The summed E-state index contributed by atoms with van der Waals surface area (Å²) in [7, 11) is 0. The highest BCUT2D eigenvalue weighted by molar-refractivity contribution is 5.85. The van der Waals surface area contributed by atoms with E-state index in [1.807, 2.05) is 13.8 Å². The molecule has 0 aromatic carbocycles. The van der Waals surface area contributed by atoms with E-state index in [0.29, 0.717) is 25.8 Å². The summed E-state index contributed by atoms with van der Waals surface area (Å²) in [5, 5.41) is 9.07. The van der Waals surface area contributed by atoms with Crippen molar-refractivity contribution in [2.75, 3.05) is 13.1 Å². The molecule has 1 fully saturated rings. The van der Waals surface area contributed by atoms with Crippen molar-refractivity contribution >= 4 is 17.8 Å². The van der Waals surface area contributed by atoms with Gasteiger partial charge in [0.25, 0.3) is 0 Å². The van der Waals surface area contributed by atoms with E-state index in [4.69, 9.17) is 10.8 Å². The minimum absolute atomic E-state index is 0.0920. The van der Waals surface area contributed by atoms with Crippen molar-refractivity contribution in [1.29, 1.82) is 0 Å². The van der Waals surface area contributed by atoms with E-state index in [0.717, 1.165) is 6.42 Å². The van der Waals surface area contributed by atoms with Gasteiger partial charge < -0.3 is 15.7 Å². The van der Waals surface area contributed by atoms with Crippen LogP contribution in [0.1, 0.15) is 39.5 Å². The number of nitrogens with zero attached hydrogens (tertiary/aromatic N) is 1. The number of carboxylic acids is 1. The highest BCUT2D eigenvalue weighted by Crippen LogP contribution is 2.30. The predicted molar refractivity (Wildman–Crippen MR) is 73.7 cm³/mol. The SMILES string of the molecule is CC(C)CN(CC(N)=O)C(=O)[C@H]1CCC[C@H](C(=O)O)C1. The van der Waals surface area contributed by atoms with Gasteiger partial charge in [-0.05, 0) is 25.2 Å². The second-order valence-electron chi connectivity index (χ2n) is 5.98. The van der Waals surface area contributed by atoms with Crippen LogP contribution >= 0.6 is 0 Å². The van der Waals surface area contributed by atoms with Crippen molar-refractivity contribution in [1.82, 2.24) is 4.90 Å². The average Bonchev–Trinajstić information content (AvgIpc) is 2.36. The van der Waals surface area contributed by atoms with Gasteiger partial charge in [-0.15, -0.1) is 0 Å². The van der Waals surface area contributed by atoms with Crippen LogP contribution in [0.5, 0.6) is 0 Å². The third kappa shape index (κ3) is 4.83. The Morgan fingerprint density at radius 3 is 2.35 bits per heavy atom. The first-order chi connectivity index (χ1) is 9.31. The van der Waals surface area contributed by atoms with E-state index in [1.54, 1.807) is 0 Å². The van der Waals surface area contributed by atoms with E-state index in [-0.39, 0.29) is 24.3 Å². The van der Waals surface area contributed by atoms with Gasteiger partial charge in [-0.25, -0.2) is 0 Å². The number of nitrogens with two attached hydrogens (primary N) is 1. The van der Waals surface area contributed by atoms with Crippen molar-refractivity contribution in [3.8, 4) is 0 Å². The van der Waals surface area contributed by atoms with Crippen LogP contribution in [0.2, 0.25) is 0 Å². The molecule has 0 bridgehead atoms. The zero-order valence-electron chi connectivity index (χ0n) is 12.2. The number of amides is 2. The zero-order valence-corrected chi connectivity index (χ0v) is 12.2. The molecule has 6 heteroatoms. The zero-order chi connectivity index (χ0) is 15.3. The molecular formula is C14H24N2O4. The molecule has 1 rings (SSSR count). The Morgan fingerprint density at radius 2 is 1.85 bits per heavy atom. The van der Waals surface area contributed by atoms with E-state index >= 15 is 0 Å². The molecule has 0 aromatic rings. The summed E-state index contributed by atoms with van der Waals surface area (Å²) in [6, 6.07) is 0. The van der Waals surface area contributed by atoms with Crippen LogP contribution in [0.3, 0.4) is 0 Å². The molecule has 0 unspecified atom stereocenters. The molecule has 20 heavy (non-hydrogen) atoms. The Bertz CT molecular complexity index is 381. The summed E-state index contributed by atoms with van der Waals surface area (Å²) in [6.07, 6.45) is 2.41. The van der Waals surface area contributed by atoms with Crippen molar-refractivity contribution < 1.29 is 19.5 Å². The van der Waals surface area contributed by atoms with Gasteiger partial charge in [0.2, 0.25) is 11.8 Å². The number of aliphatic carboxylic acids is 1. The number of carboxylic acid groups (broad SMARTS) is 1. The maximum atomic E-state index is 12.5. The molecule has 0 aliphatic heterocycles. The molecule has 3 N–H and O–H groups in total. The van der Waals surface area contributed by atoms with Gasteiger partial charge in [-0.3, -0.25) is 14.4 Å². The highest BCUT2D eigenvalue weighted by atomic mass is 16.4. The molecule has 0 heterocycles. The van der Waals surface area contributed by atoms with E-state index in [9.17, 15) is 14.4 Å². The topological polar surface area (TPSA) is 101 Å². The van der Waals surface area contributed by atoms with E-state index < -0.39 is 17.8 Å². The minimum atomic E-state index is -0.840. The van der Waals surface area contributed by atoms with Gasteiger partial charge in [0, 0.05) is 12.5 Å². The first-order valence-electron chi connectivity index (χ1n) is 7.11. The van der Waals surface area contributed by atoms with Gasteiger partial charge in [-0.1, -0.05) is 20.3 Å². The largest absolute Gasteiger partial charge is 0.481 e. The molecule has 0 saturated heterocycles. The number of carbonyl (C=O) groups is 3. The van der Waals surface area contributed by atoms with E-state index in [2.05, 4.69) is 0 Å². The van der Waals surface area contributed by atoms with Crippen LogP contribution < -0.4 is 5.73 Å². The number of carbonyl (C=O) groups excluding carboxylic acids is 2. The lowest BCUT2D eigenvalue weighted by molar-refractivity contribution is -0.146. The normalized spacial score (nSPS) is 22.6. The first kappa shape index (κ1) is 16.5. The van der Waals surface area contributed by atoms with Crippen molar-refractivity contribution in [3.05, 3.63) is 0 Å². The van der Waals surface area contributed by atoms with Gasteiger partial charge >= 0.3 is 5.97 Å². The summed E-state index contributed by atoms with van der Waals surface area (Å²) >= 11 is 0. The lowest BCUT2D eigenvalue weighted by atomic mass is 9.80. The fourth-order valence-electron chi connectivity index (χ4n) is 2.76. The fourth-order valence-corrected chi connectivity index (χ4v) is 2.76. The van der Waals surface area contributed by atoms with Crippen LogP contribution in [0.4, 0.5) is 0 Å². The molecule has 114 valence electrons. The fraction of sp³-hybridized carbons (Fsp3) is 0.786. The molecule has 0 radical (unpaired) electrons. The summed E-state index contributed by atoms with van der Waals surface area (Å²) in [5.41, 5.74) is 5.18. The van der Waals surface area contributed by atoms with Crippen molar-refractivity contribution in [2.24, 2.45) is 23.5 Å². The summed E-state index contributed by atoms with van der Waals surface area (Å²) in [6.45, 7) is 4.30. The number of primary amides is 1. The second kappa shape index (κ2) is 7.26. The lowest BCUT2D eigenvalue weighted by Crippen LogP contribution is -2.44. The molecule has 2 atom stereocenters. The van der Waals surface area contributed by atoms with Gasteiger partial charge in [0.05, 0.1) is 12.5 Å². The average molecular weight is 284 g/mol. The predicted octanol–water partition coefficient (Wildman–Crippen LogP) is 0.847. The van der Waals surface area contributed by atoms with Crippen LogP contribution in [0.15, 0.2) is 0 Å². The van der Waals surface area contributed by atoms with Crippen LogP contribution in [-0.4, -0.2) is 40.9 Å². The Kier molecular flexibility index (Phi) is 5.98. The molecular weight excluding hydrogens is 260 g/mol. The standard InChI is InChI=1S/C14H24N2O4/c1-9(2)7-16(8-12(15)17)13(18)10-4-3-5-11(6-10)14(19)20/h9-11H,3-8H2,1-2H3,(H2,15,17)(H,19,20)/t10-,11-/m0/s1.